The molecule has 4 heteroatoms. The highest BCUT2D eigenvalue weighted by Crippen LogP contribution is 2.21. The van der Waals surface area contributed by atoms with Crippen molar-refractivity contribution in [3.63, 3.8) is 0 Å². The molecule has 1 aliphatic heterocycles. The highest BCUT2D eigenvalue weighted by molar-refractivity contribution is 5.73. The molecular weight excluding hydrogens is 286 g/mol. The van der Waals surface area contributed by atoms with E-state index in [1.807, 2.05) is 36.2 Å². The second-order valence-corrected chi connectivity index (χ2v) is 6.10. The molecule has 0 N–H and O–H groups in total. The molecule has 0 aliphatic carbocycles. The normalized spacial score (nSPS) is 16.3. The van der Waals surface area contributed by atoms with E-state index in [1.54, 1.807) is 6.92 Å². The van der Waals surface area contributed by atoms with Crippen LogP contribution in [-0.4, -0.2) is 41.9 Å². The molecule has 1 amide bonds. The lowest BCUT2D eigenvalue weighted by atomic mass is 9.97. The van der Waals surface area contributed by atoms with Crippen LogP contribution in [0.15, 0.2) is 35.9 Å². The number of carbonyl (C=O) groups excluding carboxylic acids is 1. The molecule has 0 fully saturated rings. The maximum absolute atomic E-state index is 11.7. The van der Waals surface area contributed by atoms with Crippen LogP contribution in [0.1, 0.15) is 37.8 Å². The third-order valence-electron chi connectivity index (χ3n) is 4.57. The molecule has 23 heavy (non-hydrogen) atoms. The molecule has 4 nitrogen and oxygen atoms in total. The standard InChI is InChI=1S/C19H25N3O/c1-4-19(21(3)15(2)23)18-10-7-11-22(14-18)13-17-9-6-5-8-16(17)12-20/h5-6,8-10,19H,4,7,11,13-14H2,1-3H3/t19-/m0/s1. The van der Waals surface area contributed by atoms with Gasteiger partial charge < -0.3 is 4.90 Å². The zero-order valence-electron chi connectivity index (χ0n) is 14.2. The van der Waals surface area contributed by atoms with E-state index in [-0.39, 0.29) is 11.9 Å². The third kappa shape index (κ3) is 4.20. The van der Waals surface area contributed by atoms with E-state index in [4.69, 9.17) is 0 Å². The smallest absolute Gasteiger partial charge is 0.219 e. The summed E-state index contributed by atoms with van der Waals surface area (Å²) in [7, 11) is 1.88. The van der Waals surface area contributed by atoms with Crippen LogP contribution in [0.5, 0.6) is 0 Å². The number of rotatable bonds is 5. The molecule has 1 atom stereocenters. The molecule has 1 heterocycles. The van der Waals surface area contributed by atoms with Crippen LogP contribution in [0, 0.1) is 11.3 Å². The van der Waals surface area contributed by atoms with Gasteiger partial charge in [0.05, 0.1) is 17.7 Å². The van der Waals surface area contributed by atoms with Crippen molar-refractivity contribution in [1.29, 1.82) is 5.26 Å². The zero-order valence-corrected chi connectivity index (χ0v) is 14.2. The lowest BCUT2D eigenvalue weighted by Crippen LogP contribution is -2.41. The van der Waals surface area contributed by atoms with Gasteiger partial charge in [0, 0.05) is 33.6 Å². The highest BCUT2D eigenvalue weighted by Gasteiger charge is 2.24. The first kappa shape index (κ1) is 17.2. The maximum Gasteiger partial charge on any atom is 0.219 e. The van der Waals surface area contributed by atoms with E-state index in [2.05, 4.69) is 24.0 Å². The average Bonchev–Trinajstić information content (AvgIpc) is 2.56. The van der Waals surface area contributed by atoms with Crippen molar-refractivity contribution in [3.8, 4) is 6.07 Å². The van der Waals surface area contributed by atoms with Gasteiger partial charge in [-0.1, -0.05) is 31.2 Å². The number of hydrogen-bond donors (Lipinski definition) is 0. The Morgan fingerprint density at radius 3 is 2.83 bits per heavy atom. The number of hydrogen-bond acceptors (Lipinski definition) is 3. The van der Waals surface area contributed by atoms with Gasteiger partial charge in [-0.05, 0) is 30.0 Å². The second-order valence-electron chi connectivity index (χ2n) is 6.10. The van der Waals surface area contributed by atoms with Crippen LogP contribution in [0.4, 0.5) is 0 Å². The molecule has 0 unspecified atom stereocenters. The van der Waals surface area contributed by atoms with Gasteiger partial charge in [0.25, 0.3) is 0 Å². The second kappa shape index (κ2) is 7.94. The number of nitrogens with zero attached hydrogens (tertiary/aromatic N) is 3. The molecule has 0 saturated carbocycles. The van der Waals surface area contributed by atoms with Crippen LogP contribution in [0.2, 0.25) is 0 Å². The fourth-order valence-corrected chi connectivity index (χ4v) is 3.22. The van der Waals surface area contributed by atoms with Crippen molar-refractivity contribution < 1.29 is 4.79 Å². The van der Waals surface area contributed by atoms with Crippen LogP contribution >= 0.6 is 0 Å². The molecule has 1 aliphatic rings. The Labute approximate surface area is 139 Å². The fraction of sp³-hybridized carbons (Fsp3) is 0.474. The lowest BCUT2D eigenvalue weighted by Gasteiger charge is -2.35. The molecule has 2 rings (SSSR count). The maximum atomic E-state index is 11.7. The summed E-state index contributed by atoms with van der Waals surface area (Å²) >= 11 is 0. The number of carbonyl (C=O) groups is 1. The summed E-state index contributed by atoms with van der Waals surface area (Å²) in [5.41, 5.74) is 3.13. The molecular formula is C19H25N3O. The Kier molecular flexibility index (Phi) is 5.95. The molecule has 1 aromatic rings. The summed E-state index contributed by atoms with van der Waals surface area (Å²) in [5, 5.41) is 9.24. The van der Waals surface area contributed by atoms with Crippen molar-refractivity contribution in [2.24, 2.45) is 0 Å². The number of likely N-dealkylation sites (N-methyl/N-ethyl adjacent to an activating group) is 1. The first-order chi connectivity index (χ1) is 11.1. The van der Waals surface area contributed by atoms with E-state index < -0.39 is 0 Å². The van der Waals surface area contributed by atoms with Gasteiger partial charge in [-0.3, -0.25) is 9.69 Å². The SMILES string of the molecule is CC[C@@H](C1=CCCN(Cc2ccccc2C#N)C1)N(C)C(C)=O. The molecule has 0 bridgehead atoms. The topological polar surface area (TPSA) is 47.3 Å². The van der Waals surface area contributed by atoms with E-state index in [9.17, 15) is 10.1 Å². The van der Waals surface area contributed by atoms with Crippen molar-refractivity contribution in [2.75, 3.05) is 20.1 Å². The van der Waals surface area contributed by atoms with Gasteiger partial charge in [-0.25, -0.2) is 0 Å². The molecule has 1 aromatic carbocycles. The molecule has 122 valence electrons. The van der Waals surface area contributed by atoms with E-state index in [0.29, 0.717) is 0 Å². The van der Waals surface area contributed by atoms with Crippen molar-refractivity contribution in [2.45, 2.75) is 39.3 Å². The molecule has 0 spiro atoms. The van der Waals surface area contributed by atoms with Crippen molar-refractivity contribution >= 4 is 5.91 Å². The summed E-state index contributed by atoms with van der Waals surface area (Å²) in [6.07, 6.45) is 4.19. The number of amides is 1. The largest absolute Gasteiger partial charge is 0.339 e. The van der Waals surface area contributed by atoms with Gasteiger partial charge in [0.2, 0.25) is 5.91 Å². The summed E-state index contributed by atoms with van der Waals surface area (Å²) < 4.78 is 0. The third-order valence-corrected chi connectivity index (χ3v) is 4.57. The van der Waals surface area contributed by atoms with Gasteiger partial charge in [-0.2, -0.15) is 5.26 Å². The average molecular weight is 311 g/mol. The Balaban J connectivity index is 2.10. The molecule has 0 radical (unpaired) electrons. The van der Waals surface area contributed by atoms with E-state index >= 15 is 0 Å². The minimum Gasteiger partial charge on any atom is -0.339 e. The van der Waals surface area contributed by atoms with Crippen LogP contribution < -0.4 is 0 Å². The Morgan fingerprint density at radius 2 is 2.17 bits per heavy atom. The number of benzene rings is 1. The Hall–Kier alpha value is -2.12. The lowest BCUT2D eigenvalue weighted by molar-refractivity contribution is -0.129. The number of nitriles is 1. The predicted octanol–water partition coefficient (Wildman–Crippen LogP) is 2.95. The Bertz CT molecular complexity index is 630. The summed E-state index contributed by atoms with van der Waals surface area (Å²) in [6, 6.07) is 10.2. The molecule has 0 saturated heterocycles. The van der Waals surface area contributed by atoms with Gasteiger partial charge in [-0.15, -0.1) is 0 Å². The highest BCUT2D eigenvalue weighted by atomic mass is 16.2. The first-order valence-corrected chi connectivity index (χ1v) is 8.19. The summed E-state index contributed by atoms with van der Waals surface area (Å²) in [5.74, 6) is 0.102. The molecule has 0 aromatic heterocycles. The minimum atomic E-state index is 0.102. The monoisotopic (exact) mass is 311 g/mol. The quantitative estimate of drug-likeness (QED) is 0.786. The van der Waals surface area contributed by atoms with E-state index in [1.165, 1.54) is 5.57 Å². The predicted molar refractivity (Wildman–Crippen MR) is 91.7 cm³/mol. The van der Waals surface area contributed by atoms with Gasteiger partial charge in [0.15, 0.2) is 0 Å². The van der Waals surface area contributed by atoms with Gasteiger partial charge in [0.1, 0.15) is 0 Å². The van der Waals surface area contributed by atoms with Crippen molar-refractivity contribution in [3.05, 3.63) is 47.0 Å². The first-order valence-electron chi connectivity index (χ1n) is 8.19. The summed E-state index contributed by atoms with van der Waals surface area (Å²) in [4.78, 5) is 15.9. The fourth-order valence-electron chi connectivity index (χ4n) is 3.22. The minimum absolute atomic E-state index is 0.102. The van der Waals surface area contributed by atoms with E-state index in [0.717, 1.165) is 43.6 Å². The van der Waals surface area contributed by atoms with Crippen LogP contribution in [-0.2, 0) is 11.3 Å². The van der Waals surface area contributed by atoms with Crippen molar-refractivity contribution in [1.82, 2.24) is 9.80 Å². The Morgan fingerprint density at radius 1 is 1.43 bits per heavy atom. The van der Waals surface area contributed by atoms with Crippen LogP contribution in [0.25, 0.3) is 0 Å². The van der Waals surface area contributed by atoms with Crippen LogP contribution in [0.3, 0.4) is 0 Å². The van der Waals surface area contributed by atoms with Gasteiger partial charge >= 0.3 is 0 Å². The zero-order chi connectivity index (χ0) is 16.8. The summed E-state index contributed by atoms with van der Waals surface area (Å²) in [6.45, 7) is 6.36.